The largest absolute Gasteiger partial charge is 0.388 e. The molecule has 0 aromatic heterocycles. The average Bonchev–Trinajstić information content (AvgIpc) is 2.34. The summed E-state index contributed by atoms with van der Waals surface area (Å²) < 4.78 is 5.20. The van der Waals surface area contributed by atoms with E-state index in [1.807, 2.05) is 0 Å². The van der Waals surface area contributed by atoms with Crippen molar-refractivity contribution in [3.8, 4) is 0 Å². The van der Waals surface area contributed by atoms with Crippen LogP contribution in [0.2, 0.25) is 0 Å². The molecule has 5 heteroatoms. The van der Waals surface area contributed by atoms with Gasteiger partial charge in [-0.15, -0.1) is 0 Å². The number of amides is 1. The molecule has 1 fully saturated rings. The summed E-state index contributed by atoms with van der Waals surface area (Å²) in [6, 6.07) is 0. The van der Waals surface area contributed by atoms with Crippen molar-refractivity contribution in [2.45, 2.75) is 38.7 Å². The van der Waals surface area contributed by atoms with Gasteiger partial charge in [0.25, 0.3) is 0 Å². The van der Waals surface area contributed by atoms with Gasteiger partial charge in [0.05, 0.1) is 11.5 Å². The molecule has 0 bridgehead atoms. The van der Waals surface area contributed by atoms with Gasteiger partial charge in [0, 0.05) is 39.1 Å². The summed E-state index contributed by atoms with van der Waals surface area (Å²) >= 11 is 0. The summed E-state index contributed by atoms with van der Waals surface area (Å²) in [6.45, 7) is 5.90. The predicted molar refractivity (Wildman–Crippen MR) is 70.0 cm³/mol. The molecule has 1 aliphatic heterocycles. The fourth-order valence-corrected chi connectivity index (χ4v) is 2.20. The molecule has 1 amide bonds. The third kappa shape index (κ3) is 4.92. The smallest absolute Gasteiger partial charge is 0.224 e. The molecule has 1 heterocycles. The zero-order valence-corrected chi connectivity index (χ0v) is 11.4. The quantitative estimate of drug-likeness (QED) is 0.638. The Hall–Kier alpha value is -0.650. The highest BCUT2D eigenvalue weighted by Gasteiger charge is 2.31. The average molecular weight is 258 g/mol. The van der Waals surface area contributed by atoms with Gasteiger partial charge in [-0.05, 0) is 12.3 Å². The van der Waals surface area contributed by atoms with Crippen molar-refractivity contribution in [3.05, 3.63) is 0 Å². The second-order valence-electron chi connectivity index (χ2n) is 5.62. The zero-order chi connectivity index (χ0) is 13.6. The van der Waals surface area contributed by atoms with Crippen molar-refractivity contribution in [1.29, 1.82) is 0 Å². The Labute approximate surface area is 109 Å². The summed E-state index contributed by atoms with van der Waals surface area (Å²) in [5.41, 5.74) is 4.81. The molecule has 18 heavy (non-hydrogen) atoms. The third-order valence-corrected chi connectivity index (χ3v) is 3.43. The van der Waals surface area contributed by atoms with Crippen molar-refractivity contribution in [1.82, 2.24) is 5.32 Å². The highest BCUT2D eigenvalue weighted by atomic mass is 16.5. The number of ether oxygens (including phenoxy) is 1. The molecule has 0 aromatic carbocycles. The Morgan fingerprint density at radius 1 is 1.44 bits per heavy atom. The van der Waals surface area contributed by atoms with Crippen LogP contribution in [0.15, 0.2) is 0 Å². The minimum absolute atomic E-state index is 0.0499. The first-order valence-corrected chi connectivity index (χ1v) is 6.75. The lowest BCUT2D eigenvalue weighted by Gasteiger charge is -2.32. The predicted octanol–water partition coefficient (Wildman–Crippen LogP) is 0.265. The monoisotopic (exact) mass is 258 g/mol. The Morgan fingerprint density at radius 2 is 2.06 bits per heavy atom. The fraction of sp³-hybridized carbons (Fsp3) is 0.923. The lowest BCUT2D eigenvalue weighted by molar-refractivity contribution is -0.128. The molecule has 1 unspecified atom stereocenters. The second-order valence-corrected chi connectivity index (χ2v) is 5.62. The zero-order valence-electron chi connectivity index (χ0n) is 11.4. The van der Waals surface area contributed by atoms with E-state index in [1.165, 1.54) is 0 Å². The van der Waals surface area contributed by atoms with Gasteiger partial charge in [0.2, 0.25) is 5.91 Å². The van der Waals surface area contributed by atoms with Gasteiger partial charge < -0.3 is 20.9 Å². The Morgan fingerprint density at radius 3 is 2.56 bits per heavy atom. The van der Waals surface area contributed by atoms with Crippen LogP contribution in [0.1, 0.15) is 33.1 Å². The van der Waals surface area contributed by atoms with Crippen LogP contribution >= 0.6 is 0 Å². The Kier molecular flexibility index (Phi) is 6.05. The van der Waals surface area contributed by atoms with Crippen LogP contribution in [0.4, 0.5) is 0 Å². The maximum atomic E-state index is 12.0. The summed E-state index contributed by atoms with van der Waals surface area (Å²) in [4.78, 5) is 12.0. The van der Waals surface area contributed by atoms with E-state index in [9.17, 15) is 9.90 Å². The molecular formula is C13H26N2O3. The molecule has 5 nitrogen and oxygen atoms in total. The highest BCUT2D eigenvalue weighted by molar-refractivity contribution is 5.78. The van der Waals surface area contributed by atoms with E-state index in [-0.39, 0.29) is 11.8 Å². The number of aliphatic hydroxyl groups is 1. The summed E-state index contributed by atoms with van der Waals surface area (Å²) in [7, 11) is 0. The molecule has 4 N–H and O–H groups in total. The first-order chi connectivity index (χ1) is 8.47. The van der Waals surface area contributed by atoms with E-state index < -0.39 is 5.60 Å². The van der Waals surface area contributed by atoms with Crippen molar-refractivity contribution >= 4 is 5.91 Å². The summed E-state index contributed by atoms with van der Waals surface area (Å²) in [6.07, 6.45) is 1.93. The normalized spacial score (nSPS) is 20.7. The molecular weight excluding hydrogens is 232 g/mol. The number of carbonyl (C=O) groups excluding carboxylic acids is 1. The van der Waals surface area contributed by atoms with Gasteiger partial charge >= 0.3 is 0 Å². The lowest BCUT2D eigenvalue weighted by Crippen LogP contribution is -2.48. The molecule has 0 saturated carbocycles. The van der Waals surface area contributed by atoms with Gasteiger partial charge in [0.1, 0.15) is 0 Å². The van der Waals surface area contributed by atoms with Gasteiger partial charge in [-0.3, -0.25) is 4.79 Å². The van der Waals surface area contributed by atoms with Crippen LogP contribution in [0, 0.1) is 11.8 Å². The molecule has 106 valence electrons. The number of carbonyl (C=O) groups is 1. The number of hydrogen-bond donors (Lipinski definition) is 3. The molecule has 1 aliphatic rings. The number of hydrogen-bond acceptors (Lipinski definition) is 4. The number of nitrogens with one attached hydrogen (secondary N) is 1. The van der Waals surface area contributed by atoms with Crippen LogP contribution in [-0.2, 0) is 9.53 Å². The summed E-state index contributed by atoms with van der Waals surface area (Å²) in [5.74, 6) is 0.232. The van der Waals surface area contributed by atoms with Crippen molar-refractivity contribution in [3.63, 3.8) is 0 Å². The van der Waals surface area contributed by atoms with Crippen LogP contribution in [0.25, 0.3) is 0 Å². The van der Waals surface area contributed by atoms with E-state index in [2.05, 4.69) is 19.2 Å². The molecule has 1 rings (SSSR count). The van der Waals surface area contributed by atoms with Gasteiger partial charge in [0.15, 0.2) is 0 Å². The van der Waals surface area contributed by atoms with E-state index >= 15 is 0 Å². The third-order valence-electron chi connectivity index (χ3n) is 3.43. The number of rotatable bonds is 6. The maximum absolute atomic E-state index is 12.0. The Bertz CT molecular complexity index is 263. The molecule has 0 spiro atoms. The fourth-order valence-electron chi connectivity index (χ4n) is 2.20. The van der Waals surface area contributed by atoms with Gasteiger partial charge in [-0.1, -0.05) is 13.8 Å². The van der Waals surface area contributed by atoms with Gasteiger partial charge in [-0.25, -0.2) is 0 Å². The maximum Gasteiger partial charge on any atom is 0.224 e. The molecule has 1 saturated heterocycles. The van der Waals surface area contributed by atoms with Crippen LogP contribution in [-0.4, -0.2) is 42.9 Å². The minimum Gasteiger partial charge on any atom is -0.388 e. The first kappa shape index (κ1) is 15.4. The first-order valence-electron chi connectivity index (χ1n) is 6.75. The van der Waals surface area contributed by atoms with Crippen LogP contribution < -0.4 is 11.1 Å². The van der Waals surface area contributed by atoms with Crippen molar-refractivity contribution in [2.24, 2.45) is 17.6 Å². The SMILES string of the molecule is CC(C)CC(CN)C(=O)NCC1(O)CCOCC1. The topological polar surface area (TPSA) is 84.6 Å². The van der Waals surface area contributed by atoms with Crippen LogP contribution in [0.5, 0.6) is 0 Å². The minimum atomic E-state index is -0.815. The molecule has 1 atom stereocenters. The van der Waals surface area contributed by atoms with Crippen molar-refractivity contribution < 1.29 is 14.6 Å². The van der Waals surface area contributed by atoms with E-state index in [0.717, 1.165) is 6.42 Å². The van der Waals surface area contributed by atoms with Crippen LogP contribution in [0.3, 0.4) is 0 Å². The van der Waals surface area contributed by atoms with E-state index in [1.54, 1.807) is 0 Å². The lowest BCUT2D eigenvalue weighted by atomic mass is 9.93. The molecule has 0 aliphatic carbocycles. The van der Waals surface area contributed by atoms with Gasteiger partial charge in [-0.2, -0.15) is 0 Å². The van der Waals surface area contributed by atoms with E-state index in [4.69, 9.17) is 10.5 Å². The molecule has 0 radical (unpaired) electrons. The molecule has 0 aromatic rings. The Balaban J connectivity index is 2.38. The summed E-state index contributed by atoms with van der Waals surface area (Å²) in [5, 5.41) is 13.1. The second kappa shape index (κ2) is 7.07. The standard InChI is InChI=1S/C13H26N2O3/c1-10(2)7-11(8-14)12(16)15-9-13(17)3-5-18-6-4-13/h10-11,17H,3-9,14H2,1-2H3,(H,15,16). The number of nitrogens with two attached hydrogens (primary N) is 1. The van der Waals surface area contributed by atoms with E-state index in [0.29, 0.717) is 45.1 Å². The van der Waals surface area contributed by atoms with Crippen molar-refractivity contribution in [2.75, 3.05) is 26.3 Å². The highest BCUT2D eigenvalue weighted by Crippen LogP contribution is 2.19.